The van der Waals surface area contributed by atoms with E-state index in [1.807, 2.05) is 6.07 Å². The highest BCUT2D eigenvalue weighted by atomic mass is 16.2. The van der Waals surface area contributed by atoms with Gasteiger partial charge in [0.1, 0.15) is 0 Å². The highest BCUT2D eigenvalue weighted by Crippen LogP contribution is 2.23. The Morgan fingerprint density at radius 2 is 2.14 bits per heavy atom. The van der Waals surface area contributed by atoms with Crippen LogP contribution in [0.25, 0.3) is 5.82 Å². The van der Waals surface area contributed by atoms with Gasteiger partial charge in [0, 0.05) is 18.4 Å². The van der Waals surface area contributed by atoms with E-state index >= 15 is 0 Å². The lowest BCUT2D eigenvalue weighted by Gasteiger charge is -2.29. The molecule has 110 valence electrons. The number of nitrogens with one attached hydrogen (secondary N) is 1. The largest absolute Gasteiger partial charge is 0.348 e. The molecule has 2 aromatic rings. The average Bonchev–Trinajstić information content (AvgIpc) is 3.04. The van der Waals surface area contributed by atoms with Crippen LogP contribution in [0.4, 0.5) is 0 Å². The Hall–Kier alpha value is -2.24. The third-order valence-corrected chi connectivity index (χ3v) is 4.05. The predicted molar refractivity (Wildman–Crippen MR) is 78.0 cm³/mol. The van der Waals surface area contributed by atoms with Crippen LogP contribution in [0.15, 0.2) is 30.6 Å². The fraction of sp³-hybridized carbons (Fsp3) is 0.467. The van der Waals surface area contributed by atoms with Gasteiger partial charge in [-0.25, -0.2) is 4.68 Å². The summed E-state index contributed by atoms with van der Waals surface area (Å²) in [7, 11) is 0. The van der Waals surface area contributed by atoms with E-state index in [1.54, 1.807) is 29.2 Å². The van der Waals surface area contributed by atoms with Gasteiger partial charge in [-0.2, -0.15) is 5.10 Å². The average molecular weight is 285 g/mol. The molecular formula is C15H19N5O. The van der Waals surface area contributed by atoms with Gasteiger partial charge in [0.05, 0.1) is 0 Å². The zero-order valence-corrected chi connectivity index (χ0v) is 12.1. The zero-order chi connectivity index (χ0) is 14.7. The van der Waals surface area contributed by atoms with Crippen LogP contribution in [0, 0.1) is 5.92 Å². The number of rotatable bonds is 3. The van der Waals surface area contributed by atoms with Crippen molar-refractivity contribution in [3.05, 3.63) is 36.3 Å². The number of hydrogen-bond donors (Lipinski definition) is 1. The molecule has 2 heterocycles. The molecule has 2 atom stereocenters. The van der Waals surface area contributed by atoms with Gasteiger partial charge >= 0.3 is 0 Å². The lowest BCUT2D eigenvalue weighted by molar-refractivity contribution is 0.0904. The summed E-state index contributed by atoms with van der Waals surface area (Å²) in [6, 6.07) is 5.50. The molecule has 3 rings (SSSR count). The minimum absolute atomic E-state index is 0.145. The van der Waals surface area contributed by atoms with Crippen molar-refractivity contribution >= 4 is 5.91 Å². The van der Waals surface area contributed by atoms with Crippen LogP contribution in [0.2, 0.25) is 0 Å². The van der Waals surface area contributed by atoms with Crippen molar-refractivity contribution in [2.45, 2.75) is 38.6 Å². The Morgan fingerprint density at radius 3 is 2.81 bits per heavy atom. The maximum atomic E-state index is 12.2. The highest BCUT2D eigenvalue weighted by Gasteiger charge is 2.23. The Bertz CT molecular complexity index is 593. The summed E-state index contributed by atoms with van der Waals surface area (Å²) in [5.74, 6) is 0.981. The van der Waals surface area contributed by atoms with E-state index < -0.39 is 0 Å². The second-order valence-corrected chi connectivity index (χ2v) is 5.57. The second kappa shape index (κ2) is 6.03. The van der Waals surface area contributed by atoms with Crippen LogP contribution < -0.4 is 5.32 Å². The molecule has 1 amide bonds. The molecule has 6 heteroatoms. The van der Waals surface area contributed by atoms with Gasteiger partial charge in [0.15, 0.2) is 11.5 Å². The van der Waals surface area contributed by atoms with Gasteiger partial charge in [0.2, 0.25) is 0 Å². The molecule has 0 unspecified atom stereocenters. The summed E-state index contributed by atoms with van der Waals surface area (Å²) in [6.07, 6.45) is 8.12. The van der Waals surface area contributed by atoms with Crippen LogP contribution >= 0.6 is 0 Å². The van der Waals surface area contributed by atoms with Crippen molar-refractivity contribution in [3.63, 3.8) is 0 Å². The van der Waals surface area contributed by atoms with E-state index in [9.17, 15) is 4.79 Å². The number of amides is 1. The first-order chi connectivity index (χ1) is 10.2. The summed E-state index contributed by atoms with van der Waals surface area (Å²) in [5, 5.41) is 15.2. The monoisotopic (exact) mass is 285 g/mol. The maximum absolute atomic E-state index is 12.2. The van der Waals surface area contributed by atoms with Crippen LogP contribution in [0.5, 0.6) is 0 Å². The van der Waals surface area contributed by atoms with Crippen LogP contribution in [0.1, 0.15) is 43.1 Å². The lowest BCUT2D eigenvalue weighted by atomic mass is 9.86. The summed E-state index contributed by atoms with van der Waals surface area (Å²) in [5.41, 5.74) is 0.351. The zero-order valence-electron chi connectivity index (χ0n) is 12.1. The standard InChI is InChI=1S/C15H19N5O/c1-11-5-2-3-6-12(11)17-15(21)13-7-8-14(19-18-13)20-10-4-9-16-20/h4,7-12H,2-3,5-6H2,1H3,(H,17,21)/t11-,12-/m0/s1. The lowest BCUT2D eigenvalue weighted by Crippen LogP contribution is -2.41. The minimum Gasteiger partial charge on any atom is -0.348 e. The van der Waals surface area contributed by atoms with E-state index in [-0.39, 0.29) is 11.9 Å². The second-order valence-electron chi connectivity index (χ2n) is 5.57. The van der Waals surface area contributed by atoms with Gasteiger partial charge in [-0.05, 0) is 37.0 Å². The smallest absolute Gasteiger partial charge is 0.272 e. The van der Waals surface area contributed by atoms with Crippen molar-refractivity contribution in [3.8, 4) is 5.82 Å². The van der Waals surface area contributed by atoms with Gasteiger partial charge in [-0.15, -0.1) is 10.2 Å². The maximum Gasteiger partial charge on any atom is 0.272 e. The van der Waals surface area contributed by atoms with Crippen LogP contribution in [-0.4, -0.2) is 31.9 Å². The molecule has 1 saturated carbocycles. The van der Waals surface area contributed by atoms with E-state index in [0.717, 1.165) is 6.42 Å². The first kappa shape index (κ1) is 13.7. The Kier molecular flexibility index (Phi) is 3.94. The fourth-order valence-corrected chi connectivity index (χ4v) is 2.75. The number of nitrogens with zero attached hydrogens (tertiary/aromatic N) is 4. The van der Waals surface area contributed by atoms with Crippen molar-refractivity contribution in [2.24, 2.45) is 5.92 Å². The van der Waals surface area contributed by atoms with Gasteiger partial charge in [-0.3, -0.25) is 4.79 Å². The molecule has 6 nitrogen and oxygen atoms in total. The molecule has 1 N–H and O–H groups in total. The molecular weight excluding hydrogens is 266 g/mol. The predicted octanol–water partition coefficient (Wildman–Crippen LogP) is 1.97. The number of carbonyl (C=O) groups excluding carboxylic acids is 1. The topological polar surface area (TPSA) is 72.7 Å². The number of carbonyl (C=O) groups is 1. The van der Waals surface area contributed by atoms with Gasteiger partial charge < -0.3 is 5.32 Å². The van der Waals surface area contributed by atoms with Crippen LogP contribution in [0.3, 0.4) is 0 Å². The number of hydrogen-bond acceptors (Lipinski definition) is 4. The van der Waals surface area contributed by atoms with Crippen LogP contribution in [-0.2, 0) is 0 Å². The molecule has 0 aliphatic heterocycles. The quantitative estimate of drug-likeness (QED) is 0.935. The molecule has 1 aliphatic rings. The minimum atomic E-state index is -0.145. The fourth-order valence-electron chi connectivity index (χ4n) is 2.75. The van der Waals surface area contributed by atoms with E-state index in [0.29, 0.717) is 17.4 Å². The first-order valence-electron chi connectivity index (χ1n) is 7.38. The van der Waals surface area contributed by atoms with E-state index in [4.69, 9.17) is 0 Å². The number of aromatic nitrogens is 4. The Balaban J connectivity index is 1.67. The SMILES string of the molecule is C[C@H]1CCCC[C@@H]1NC(=O)c1ccc(-n2cccn2)nn1. The molecule has 0 bridgehead atoms. The normalized spacial score (nSPS) is 22.0. The summed E-state index contributed by atoms with van der Waals surface area (Å²) in [4.78, 5) is 12.2. The molecule has 1 fully saturated rings. The van der Waals surface area contributed by atoms with E-state index in [2.05, 4.69) is 27.5 Å². The van der Waals surface area contributed by atoms with Gasteiger partial charge in [-0.1, -0.05) is 19.8 Å². The van der Waals surface area contributed by atoms with Crippen molar-refractivity contribution in [1.82, 2.24) is 25.3 Å². The Labute approximate surface area is 123 Å². The summed E-state index contributed by atoms with van der Waals surface area (Å²) < 4.78 is 1.61. The Morgan fingerprint density at radius 1 is 1.29 bits per heavy atom. The third kappa shape index (κ3) is 3.09. The van der Waals surface area contributed by atoms with Crippen molar-refractivity contribution < 1.29 is 4.79 Å². The molecule has 1 aliphatic carbocycles. The first-order valence-corrected chi connectivity index (χ1v) is 7.38. The molecule has 0 saturated heterocycles. The molecule has 21 heavy (non-hydrogen) atoms. The van der Waals surface area contributed by atoms with E-state index in [1.165, 1.54) is 19.3 Å². The highest BCUT2D eigenvalue weighted by molar-refractivity contribution is 5.92. The summed E-state index contributed by atoms with van der Waals surface area (Å²) >= 11 is 0. The van der Waals surface area contributed by atoms with Crippen molar-refractivity contribution in [2.75, 3.05) is 0 Å². The summed E-state index contributed by atoms with van der Waals surface area (Å²) in [6.45, 7) is 2.19. The molecule has 0 aromatic carbocycles. The third-order valence-electron chi connectivity index (χ3n) is 4.05. The molecule has 0 radical (unpaired) electrons. The molecule has 0 spiro atoms. The van der Waals surface area contributed by atoms with Crippen molar-refractivity contribution in [1.29, 1.82) is 0 Å². The molecule has 2 aromatic heterocycles. The van der Waals surface area contributed by atoms with Gasteiger partial charge in [0.25, 0.3) is 5.91 Å².